The predicted molar refractivity (Wildman–Crippen MR) is 62.9 cm³/mol. The Balaban J connectivity index is 2.56. The second-order valence-electron chi connectivity index (χ2n) is 3.99. The van der Waals surface area contributed by atoms with Gasteiger partial charge < -0.3 is 5.73 Å². The fraction of sp³-hybridized carbons (Fsp3) is 0.545. The molecule has 0 saturated heterocycles. The van der Waals surface area contributed by atoms with Crippen molar-refractivity contribution in [2.75, 3.05) is 0 Å². The van der Waals surface area contributed by atoms with Crippen LogP contribution in [0.1, 0.15) is 38.3 Å². The van der Waals surface area contributed by atoms with Crippen LogP contribution in [0.25, 0.3) is 0 Å². The smallest absolute Gasteiger partial charge is 0.106 e. The Labute approximate surface area is 94.0 Å². The Morgan fingerprint density at radius 3 is 2.71 bits per heavy atom. The van der Waals surface area contributed by atoms with Crippen LogP contribution in [0.2, 0.25) is 0 Å². The molecule has 0 fully saturated rings. The molecule has 1 aromatic heterocycles. The van der Waals surface area contributed by atoms with Crippen LogP contribution >= 0.6 is 15.9 Å². The lowest BCUT2D eigenvalue weighted by molar-refractivity contribution is 0.507. The fourth-order valence-corrected chi connectivity index (χ4v) is 1.71. The van der Waals surface area contributed by atoms with E-state index in [1.54, 1.807) is 6.20 Å². The molecule has 0 saturated carbocycles. The second-order valence-corrected chi connectivity index (χ2v) is 4.80. The summed E-state index contributed by atoms with van der Waals surface area (Å²) in [4.78, 5) is 4.08. The first-order valence-electron chi connectivity index (χ1n) is 4.96. The van der Waals surface area contributed by atoms with Gasteiger partial charge in [-0.15, -0.1) is 0 Å². The van der Waals surface area contributed by atoms with Crippen molar-refractivity contribution in [1.29, 1.82) is 0 Å². The number of pyridine rings is 1. The molecule has 0 unspecified atom stereocenters. The summed E-state index contributed by atoms with van der Waals surface area (Å²) in [5, 5.41) is 0. The van der Waals surface area contributed by atoms with Gasteiger partial charge in [0.05, 0.1) is 0 Å². The molecule has 1 rings (SSSR count). The lowest BCUT2D eigenvalue weighted by Crippen LogP contribution is -2.11. The van der Waals surface area contributed by atoms with E-state index in [0.29, 0.717) is 5.92 Å². The molecule has 0 radical (unpaired) electrons. The van der Waals surface area contributed by atoms with E-state index in [9.17, 15) is 0 Å². The first-order valence-corrected chi connectivity index (χ1v) is 5.76. The van der Waals surface area contributed by atoms with Gasteiger partial charge in [0.1, 0.15) is 4.60 Å². The number of hydrogen-bond acceptors (Lipinski definition) is 2. The van der Waals surface area contributed by atoms with Crippen molar-refractivity contribution in [3.63, 3.8) is 0 Å². The highest BCUT2D eigenvalue weighted by Gasteiger charge is 2.07. The van der Waals surface area contributed by atoms with E-state index in [4.69, 9.17) is 5.73 Å². The Bertz CT molecular complexity index is 286. The monoisotopic (exact) mass is 256 g/mol. The highest BCUT2D eigenvalue weighted by Crippen LogP contribution is 2.20. The standard InChI is InChI=1S/C11H17BrN2/c1-8(2)3-4-10(13)9-5-6-14-11(12)7-9/h5-8,10H,3-4,13H2,1-2H3/t10-/m1/s1. The summed E-state index contributed by atoms with van der Waals surface area (Å²) in [7, 11) is 0. The van der Waals surface area contributed by atoms with E-state index in [-0.39, 0.29) is 6.04 Å². The summed E-state index contributed by atoms with van der Waals surface area (Å²) in [6.45, 7) is 4.43. The quantitative estimate of drug-likeness (QED) is 0.840. The average molecular weight is 257 g/mol. The number of rotatable bonds is 4. The molecule has 78 valence electrons. The summed E-state index contributed by atoms with van der Waals surface area (Å²) >= 11 is 3.34. The van der Waals surface area contributed by atoms with Crippen molar-refractivity contribution in [2.45, 2.75) is 32.7 Å². The van der Waals surface area contributed by atoms with Gasteiger partial charge in [-0.2, -0.15) is 0 Å². The van der Waals surface area contributed by atoms with E-state index < -0.39 is 0 Å². The van der Waals surface area contributed by atoms with Crippen molar-refractivity contribution in [3.05, 3.63) is 28.5 Å². The third-order valence-electron chi connectivity index (χ3n) is 2.23. The normalized spacial score (nSPS) is 13.2. The SMILES string of the molecule is CC(C)CC[C@@H](N)c1ccnc(Br)c1. The van der Waals surface area contributed by atoms with Crippen LogP contribution in [0, 0.1) is 5.92 Å². The summed E-state index contributed by atoms with van der Waals surface area (Å²) in [6, 6.07) is 4.11. The molecule has 14 heavy (non-hydrogen) atoms. The van der Waals surface area contributed by atoms with Crippen LogP contribution in [-0.4, -0.2) is 4.98 Å². The Hall–Kier alpha value is -0.410. The minimum absolute atomic E-state index is 0.136. The van der Waals surface area contributed by atoms with Crippen molar-refractivity contribution in [1.82, 2.24) is 4.98 Å². The van der Waals surface area contributed by atoms with Gasteiger partial charge in [0.25, 0.3) is 0 Å². The van der Waals surface area contributed by atoms with Crippen LogP contribution in [0.3, 0.4) is 0 Å². The highest BCUT2D eigenvalue weighted by atomic mass is 79.9. The Morgan fingerprint density at radius 2 is 2.14 bits per heavy atom. The van der Waals surface area contributed by atoms with Crippen LogP contribution in [-0.2, 0) is 0 Å². The van der Waals surface area contributed by atoms with Crippen molar-refractivity contribution < 1.29 is 0 Å². The maximum absolute atomic E-state index is 6.06. The Kier molecular flexibility index (Phi) is 4.55. The molecule has 0 aliphatic heterocycles. The van der Waals surface area contributed by atoms with Gasteiger partial charge in [0.2, 0.25) is 0 Å². The molecule has 1 aromatic rings. The Morgan fingerprint density at radius 1 is 1.43 bits per heavy atom. The molecule has 0 spiro atoms. The molecule has 3 heteroatoms. The van der Waals surface area contributed by atoms with E-state index in [1.165, 1.54) is 6.42 Å². The van der Waals surface area contributed by atoms with Crippen LogP contribution in [0.15, 0.2) is 22.9 Å². The van der Waals surface area contributed by atoms with Gasteiger partial charge in [0.15, 0.2) is 0 Å². The zero-order valence-corrected chi connectivity index (χ0v) is 10.3. The topological polar surface area (TPSA) is 38.9 Å². The predicted octanol–water partition coefficient (Wildman–Crippen LogP) is 3.28. The maximum Gasteiger partial charge on any atom is 0.106 e. The van der Waals surface area contributed by atoms with E-state index in [2.05, 4.69) is 34.8 Å². The molecule has 1 heterocycles. The lowest BCUT2D eigenvalue weighted by atomic mass is 9.99. The number of nitrogens with two attached hydrogens (primary N) is 1. The van der Waals surface area contributed by atoms with Crippen LogP contribution < -0.4 is 5.73 Å². The summed E-state index contributed by atoms with van der Waals surface area (Å²) in [5.41, 5.74) is 7.22. The molecule has 0 aliphatic rings. The lowest BCUT2D eigenvalue weighted by Gasteiger charge is -2.13. The van der Waals surface area contributed by atoms with Gasteiger partial charge in [-0.25, -0.2) is 4.98 Å². The highest BCUT2D eigenvalue weighted by molar-refractivity contribution is 9.10. The fourth-order valence-electron chi connectivity index (χ4n) is 1.33. The minimum Gasteiger partial charge on any atom is -0.324 e. The number of nitrogens with zero attached hydrogens (tertiary/aromatic N) is 1. The van der Waals surface area contributed by atoms with Crippen LogP contribution in [0.5, 0.6) is 0 Å². The third-order valence-corrected chi connectivity index (χ3v) is 2.67. The zero-order chi connectivity index (χ0) is 10.6. The molecule has 1 atom stereocenters. The molecule has 0 aliphatic carbocycles. The molecular formula is C11H17BrN2. The number of halogens is 1. The largest absolute Gasteiger partial charge is 0.324 e. The number of hydrogen-bond donors (Lipinski definition) is 1. The first kappa shape index (κ1) is 11.7. The van der Waals surface area contributed by atoms with Gasteiger partial charge in [-0.1, -0.05) is 13.8 Å². The van der Waals surface area contributed by atoms with Crippen molar-refractivity contribution in [2.24, 2.45) is 11.7 Å². The van der Waals surface area contributed by atoms with E-state index in [0.717, 1.165) is 16.6 Å². The number of aromatic nitrogens is 1. The van der Waals surface area contributed by atoms with Gasteiger partial charge in [0, 0.05) is 12.2 Å². The van der Waals surface area contributed by atoms with Crippen LogP contribution in [0.4, 0.5) is 0 Å². The molecule has 0 aromatic carbocycles. The molecule has 2 nitrogen and oxygen atoms in total. The summed E-state index contributed by atoms with van der Waals surface area (Å²) in [5.74, 6) is 0.714. The van der Waals surface area contributed by atoms with Gasteiger partial charge >= 0.3 is 0 Å². The minimum atomic E-state index is 0.136. The summed E-state index contributed by atoms with van der Waals surface area (Å²) < 4.78 is 0.856. The van der Waals surface area contributed by atoms with Gasteiger partial charge in [-0.3, -0.25) is 0 Å². The summed E-state index contributed by atoms with van der Waals surface area (Å²) in [6.07, 6.45) is 3.99. The first-order chi connectivity index (χ1) is 6.59. The molecule has 2 N–H and O–H groups in total. The molecular weight excluding hydrogens is 240 g/mol. The van der Waals surface area contributed by atoms with Gasteiger partial charge in [-0.05, 0) is 52.4 Å². The second kappa shape index (κ2) is 5.47. The molecule has 0 amide bonds. The van der Waals surface area contributed by atoms with Crippen molar-refractivity contribution >= 4 is 15.9 Å². The van der Waals surface area contributed by atoms with E-state index >= 15 is 0 Å². The zero-order valence-electron chi connectivity index (χ0n) is 8.70. The van der Waals surface area contributed by atoms with E-state index in [1.807, 2.05) is 12.1 Å². The third kappa shape index (κ3) is 3.76. The average Bonchev–Trinajstić information content (AvgIpc) is 2.14. The maximum atomic E-state index is 6.06. The van der Waals surface area contributed by atoms with Crippen molar-refractivity contribution in [3.8, 4) is 0 Å². The molecule has 0 bridgehead atoms.